The molecule has 0 saturated heterocycles. The first-order valence-corrected chi connectivity index (χ1v) is 10.8. The third-order valence-corrected chi connectivity index (χ3v) is 6.15. The number of anilines is 1. The quantitative estimate of drug-likeness (QED) is 0.414. The van der Waals surface area contributed by atoms with Crippen LogP contribution in [0, 0.1) is 13.8 Å². The number of hydrogen-bond donors (Lipinski definition) is 1. The number of aromatic nitrogens is 3. The number of thiazole rings is 1. The zero-order valence-corrected chi connectivity index (χ0v) is 18.9. The van der Waals surface area contributed by atoms with Gasteiger partial charge in [0.1, 0.15) is 5.01 Å². The average molecular weight is 429 g/mol. The number of pyridine rings is 2. The molecule has 5 nitrogen and oxygen atoms in total. The van der Waals surface area contributed by atoms with Crippen molar-refractivity contribution in [3.05, 3.63) is 93.1 Å². The average Bonchev–Trinajstić information content (AvgIpc) is 3.28. The molecule has 6 heteroatoms. The molecule has 0 atom stereocenters. The van der Waals surface area contributed by atoms with E-state index >= 15 is 0 Å². The van der Waals surface area contributed by atoms with Gasteiger partial charge in [-0.05, 0) is 67.8 Å². The molecular formula is C25H24N4OS. The van der Waals surface area contributed by atoms with E-state index in [1.807, 2.05) is 68.8 Å². The minimum atomic E-state index is -0.0308. The molecule has 4 aromatic rings. The van der Waals surface area contributed by atoms with Crippen molar-refractivity contribution in [1.82, 2.24) is 14.5 Å². The zero-order chi connectivity index (χ0) is 22.1. The van der Waals surface area contributed by atoms with Crippen LogP contribution in [0.5, 0.6) is 0 Å². The van der Waals surface area contributed by atoms with Crippen molar-refractivity contribution in [2.75, 3.05) is 5.32 Å². The lowest BCUT2D eigenvalue weighted by Crippen LogP contribution is -2.19. The Kier molecular flexibility index (Phi) is 5.57. The summed E-state index contributed by atoms with van der Waals surface area (Å²) in [7, 11) is 1.80. The second-order valence-corrected chi connectivity index (χ2v) is 8.55. The van der Waals surface area contributed by atoms with Crippen molar-refractivity contribution >= 4 is 33.5 Å². The van der Waals surface area contributed by atoms with Crippen LogP contribution < -0.4 is 10.9 Å². The van der Waals surface area contributed by atoms with Crippen LogP contribution in [0.15, 0.2) is 71.3 Å². The molecule has 0 aliphatic heterocycles. The van der Waals surface area contributed by atoms with Gasteiger partial charge in [-0.1, -0.05) is 12.6 Å². The molecule has 0 aliphatic carbocycles. The Labute approximate surface area is 185 Å². The van der Waals surface area contributed by atoms with Gasteiger partial charge < -0.3 is 9.88 Å². The number of allylic oxidation sites excluding steroid dienone is 2. The summed E-state index contributed by atoms with van der Waals surface area (Å²) < 4.78 is 1.69. The molecule has 0 aliphatic rings. The maximum Gasteiger partial charge on any atom is 0.258 e. The second-order valence-electron chi connectivity index (χ2n) is 7.65. The first kappa shape index (κ1) is 20.8. The molecule has 0 fully saturated rings. The Morgan fingerprint density at radius 1 is 1.16 bits per heavy atom. The van der Waals surface area contributed by atoms with E-state index in [0.29, 0.717) is 5.56 Å². The molecule has 1 N–H and O–H groups in total. The summed E-state index contributed by atoms with van der Waals surface area (Å²) in [5, 5.41) is 7.20. The van der Waals surface area contributed by atoms with Crippen molar-refractivity contribution in [1.29, 1.82) is 0 Å². The third-order valence-electron chi connectivity index (χ3n) is 5.24. The van der Waals surface area contributed by atoms with Crippen LogP contribution in [-0.2, 0) is 7.05 Å². The Morgan fingerprint density at radius 2 is 1.97 bits per heavy atom. The lowest BCUT2D eigenvalue weighted by molar-refractivity contribution is 0.905. The Hall–Kier alpha value is -3.51. The smallest absolute Gasteiger partial charge is 0.258 e. The monoisotopic (exact) mass is 428 g/mol. The molecule has 0 bridgehead atoms. The molecule has 0 amide bonds. The first-order chi connectivity index (χ1) is 14.8. The Bertz CT molecular complexity index is 1380. The molecule has 4 rings (SSSR count). The molecule has 3 aromatic heterocycles. The largest absolute Gasteiger partial charge is 0.356 e. The number of rotatable bonds is 5. The van der Waals surface area contributed by atoms with Gasteiger partial charge in [0.25, 0.3) is 5.56 Å². The summed E-state index contributed by atoms with van der Waals surface area (Å²) in [4.78, 5) is 21.9. The fraction of sp³-hybridized carbons (Fsp3) is 0.160. The number of nitrogens with one attached hydrogen (secondary N) is 1. The van der Waals surface area contributed by atoms with Crippen molar-refractivity contribution in [2.45, 2.75) is 20.8 Å². The summed E-state index contributed by atoms with van der Waals surface area (Å²) in [6.07, 6.45) is 5.58. The maximum atomic E-state index is 13.1. The highest BCUT2D eigenvalue weighted by Crippen LogP contribution is 2.28. The van der Waals surface area contributed by atoms with E-state index < -0.39 is 0 Å². The van der Waals surface area contributed by atoms with Gasteiger partial charge in [0.2, 0.25) is 0 Å². The van der Waals surface area contributed by atoms with Crippen molar-refractivity contribution in [3.63, 3.8) is 0 Å². The van der Waals surface area contributed by atoms with Crippen LogP contribution in [0.1, 0.15) is 23.2 Å². The standard InChI is InChI=1S/C25H24N4OS/c1-15-6-7-20(28-18(4)10-16(2)24-26-8-9-31-24)13-21(15)22-12-19-14-27-17(3)11-23(19)29(5)25(22)30/h6-14,28H,4H2,1-3,5H3/b16-10+. The van der Waals surface area contributed by atoms with Gasteiger partial charge in [-0.3, -0.25) is 9.78 Å². The predicted molar refractivity (Wildman–Crippen MR) is 130 cm³/mol. The lowest BCUT2D eigenvalue weighted by atomic mass is 9.99. The molecule has 1 aromatic carbocycles. The van der Waals surface area contributed by atoms with Crippen LogP contribution in [0.2, 0.25) is 0 Å². The molecule has 0 saturated carbocycles. The Morgan fingerprint density at radius 3 is 2.71 bits per heavy atom. The summed E-state index contributed by atoms with van der Waals surface area (Å²) in [6, 6.07) is 9.87. The van der Waals surface area contributed by atoms with Gasteiger partial charge >= 0.3 is 0 Å². The van der Waals surface area contributed by atoms with Crippen LogP contribution in [-0.4, -0.2) is 14.5 Å². The normalized spacial score (nSPS) is 11.7. The number of benzene rings is 1. The predicted octanol–water partition coefficient (Wildman–Crippen LogP) is 5.70. The van der Waals surface area contributed by atoms with Crippen molar-refractivity contribution in [2.24, 2.45) is 7.05 Å². The summed E-state index contributed by atoms with van der Waals surface area (Å²) in [5.41, 5.74) is 6.99. The number of nitrogens with zero attached hydrogens (tertiary/aromatic N) is 3. The third kappa shape index (κ3) is 4.20. The van der Waals surface area contributed by atoms with Crippen molar-refractivity contribution in [3.8, 4) is 11.1 Å². The molecule has 156 valence electrons. The van der Waals surface area contributed by atoms with Gasteiger partial charge in [-0.2, -0.15) is 0 Å². The van der Waals surface area contributed by atoms with E-state index in [-0.39, 0.29) is 5.56 Å². The van der Waals surface area contributed by atoms with Crippen LogP contribution >= 0.6 is 11.3 Å². The van der Waals surface area contributed by atoms with Crippen LogP contribution in [0.25, 0.3) is 27.6 Å². The molecule has 0 radical (unpaired) electrons. The number of hydrogen-bond acceptors (Lipinski definition) is 5. The van der Waals surface area contributed by atoms with Gasteiger partial charge in [0.05, 0.1) is 5.52 Å². The van der Waals surface area contributed by atoms with Gasteiger partial charge in [0.15, 0.2) is 0 Å². The van der Waals surface area contributed by atoms with E-state index in [9.17, 15) is 4.79 Å². The minimum Gasteiger partial charge on any atom is -0.356 e. The fourth-order valence-electron chi connectivity index (χ4n) is 3.61. The fourth-order valence-corrected chi connectivity index (χ4v) is 4.23. The zero-order valence-electron chi connectivity index (χ0n) is 18.1. The van der Waals surface area contributed by atoms with Crippen molar-refractivity contribution < 1.29 is 0 Å². The van der Waals surface area contributed by atoms with Crippen LogP contribution in [0.3, 0.4) is 0 Å². The van der Waals surface area contributed by atoms with E-state index in [1.54, 1.807) is 29.1 Å². The highest BCUT2D eigenvalue weighted by atomic mass is 32.1. The maximum absolute atomic E-state index is 13.1. The molecule has 3 heterocycles. The summed E-state index contributed by atoms with van der Waals surface area (Å²) >= 11 is 1.60. The van der Waals surface area contributed by atoms with Crippen LogP contribution in [0.4, 0.5) is 5.69 Å². The molecular weight excluding hydrogens is 404 g/mol. The summed E-state index contributed by atoms with van der Waals surface area (Å²) in [6.45, 7) is 10.1. The van der Waals surface area contributed by atoms with E-state index in [1.165, 1.54) is 0 Å². The number of aryl methyl sites for hydroxylation is 3. The minimum absolute atomic E-state index is 0.0308. The topological polar surface area (TPSA) is 59.8 Å². The lowest BCUT2D eigenvalue weighted by Gasteiger charge is -2.14. The van der Waals surface area contributed by atoms with Gasteiger partial charge in [-0.15, -0.1) is 11.3 Å². The van der Waals surface area contributed by atoms with Gasteiger partial charge in [-0.25, -0.2) is 4.98 Å². The molecule has 31 heavy (non-hydrogen) atoms. The number of fused-ring (bicyclic) bond motifs is 1. The SMILES string of the molecule is C=C(/C=C(\C)c1nccs1)Nc1ccc(C)c(-c2cc3cnc(C)cc3n(C)c2=O)c1. The molecule has 0 unspecified atom stereocenters. The highest BCUT2D eigenvalue weighted by molar-refractivity contribution is 7.10. The highest BCUT2D eigenvalue weighted by Gasteiger charge is 2.12. The van der Waals surface area contributed by atoms with E-state index in [0.717, 1.165) is 49.7 Å². The second kappa shape index (κ2) is 8.32. The first-order valence-electron chi connectivity index (χ1n) is 9.95. The van der Waals surface area contributed by atoms with Gasteiger partial charge in [0, 0.05) is 52.8 Å². The molecule has 0 spiro atoms. The van der Waals surface area contributed by atoms with E-state index in [2.05, 4.69) is 21.9 Å². The summed E-state index contributed by atoms with van der Waals surface area (Å²) in [5.74, 6) is 0. The Balaban J connectivity index is 1.71. The van der Waals surface area contributed by atoms with E-state index in [4.69, 9.17) is 0 Å².